The van der Waals surface area contributed by atoms with E-state index in [1.807, 2.05) is 0 Å². The standard InChI is InChI=1S/C56H98O6/c1-4-7-10-13-16-19-22-25-27-28-30-31-34-37-40-43-46-49-55(58)61-52-53(51-60-54(57)48-45-42-39-36-33-24-21-18-15-12-9-6-3)62-56(59)50-47-44-41-38-35-32-29-26-23-20-17-14-11-8-5-2/h17,20,23,25-27,30-31,37,40,53H,4-16,18-19,21-22,24,28-29,32-36,38-39,41-52H2,1-3H3/b20-17-,26-23-,27-25-,31-30-,40-37-. The molecular weight excluding hydrogens is 769 g/mol. The zero-order valence-corrected chi connectivity index (χ0v) is 40.9. The van der Waals surface area contributed by atoms with Gasteiger partial charge >= 0.3 is 17.9 Å². The predicted molar refractivity (Wildman–Crippen MR) is 265 cm³/mol. The van der Waals surface area contributed by atoms with Crippen LogP contribution in [0.4, 0.5) is 0 Å². The number of esters is 3. The van der Waals surface area contributed by atoms with E-state index in [0.717, 1.165) is 70.6 Å². The smallest absolute Gasteiger partial charge is 0.306 e. The predicted octanol–water partition coefficient (Wildman–Crippen LogP) is 17.3. The zero-order chi connectivity index (χ0) is 45.1. The third kappa shape index (κ3) is 48.1. The van der Waals surface area contributed by atoms with Gasteiger partial charge in [0.2, 0.25) is 0 Å². The van der Waals surface area contributed by atoms with Crippen molar-refractivity contribution < 1.29 is 28.6 Å². The van der Waals surface area contributed by atoms with Crippen molar-refractivity contribution in [1.82, 2.24) is 0 Å². The van der Waals surface area contributed by atoms with Gasteiger partial charge in [-0.1, -0.05) is 223 Å². The van der Waals surface area contributed by atoms with E-state index in [9.17, 15) is 14.4 Å². The molecule has 358 valence electrons. The van der Waals surface area contributed by atoms with Crippen LogP contribution in [0.5, 0.6) is 0 Å². The minimum Gasteiger partial charge on any atom is -0.462 e. The number of allylic oxidation sites excluding steroid dienone is 10. The monoisotopic (exact) mass is 867 g/mol. The molecule has 0 aromatic rings. The SMILES string of the molecule is CCCCC/C=C\C=C/CCCCCCCCC(=O)OC(COC(=O)CCC/C=C\C/C=C\C/C=C\CCCCCCCC)COC(=O)CCCCCCCCCCCCCC. The van der Waals surface area contributed by atoms with Crippen molar-refractivity contribution in [2.24, 2.45) is 0 Å². The minimum atomic E-state index is -0.798. The largest absolute Gasteiger partial charge is 0.462 e. The number of hydrogen-bond acceptors (Lipinski definition) is 6. The summed E-state index contributed by atoms with van der Waals surface area (Å²) in [6.07, 6.45) is 62.0. The second-order valence-corrected chi connectivity index (χ2v) is 17.5. The van der Waals surface area contributed by atoms with Gasteiger partial charge in [0, 0.05) is 19.3 Å². The van der Waals surface area contributed by atoms with Crippen LogP contribution in [0, 0.1) is 0 Å². The van der Waals surface area contributed by atoms with Crippen molar-refractivity contribution in [2.75, 3.05) is 13.2 Å². The normalized spacial score (nSPS) is 12.5. The van der Waals surface area contributed by atoms with Crippen LogP contribution in [-0.4, -0.2) is 37.2 Å². The van der Waals surface area contributed by atoms with Gasteiger partial charge in [0.15, 0.2) is 6.10 Å². The van der Waals surface area contributed by atoms with E-state index < -0.39 is 6.10 Å². The lowest BCUT2D eigenvalue weighted by atomic mass is 10.0. The molecule has 1 atom stereocenters. The van der Waals surface area contributed by atoms with Crippen molar-refractivity contribution in [3.8, 4) is 0 Å². The first-order chi connectivity index (χ1) is 30.5. The van der Waals surface area contributed by atoms with E-state index in [-0.39, 0.29) is 37.5 Å². The summed E-state index contributed by atoms with van der Waals surface area (Å²) in [4.78, 5) is 37.9. The lowest BCUT2D eigenvalue weighted by Gasteiger charge is -2.18. The summed E-state index contributed by atoms with van der Waals surface area (Å²) in [5, 5.41) is 0. The van der Waals surface area contributed by atoms with Gasteiger partial charge in [0.05, 0.1) is 0 Å². The quantitative estimate of drug-likeness (QED) is 0.0199. The fourth-order valence-electron chi connectivity index (χ4n) is 7.27. The Morgan fingerprint density at radius 1 is 0.339 bits per heavy atom. The molecule has 0 heterocycles. The van der Waals surface area contributed by atoms with E-state index in [2.05, 4.69) is 81.5 Å². The molecule has 0 spiro atoms. The molecule has 0 aromatic carbocycles. The highest BCUT2D eigenvalue weighted by molar-refractivity contribution is 5.71. The maximum Gasteiger partial charge on any atom is 0.306 e. The Hall–Kier alpha value is -2.89. The molecule has 1 unspecified atom stereocenters. The Morgan fingerprint density at radius 3 is 1.10 bits per heavy atom. The van der Waals surface area contributed by atoms with Crippen LogP contribution in [-0.2, 0) is 28.6 Å². The number of unbranched alkanes of at least 4 members (excludes halogenated alkanes) is 27. The number of ether oxygens (including phenoxy) is 3. The summed E-state index contributed by atoms with van der Waals surface area (Å²) < 4.78 is 16.7. The number of carbonyl (C=O) groups excluding carboxylic acids is 3. The first-order valence-corrected chi connectivity index (χ1v) is 26.3. The van der Waals surface area contributed by atoms with Gasteiger partial charge in [-0.2, -0.15) is 0 Å². The van der Waals surface area contributed by atoms with Crippen molar-refractivity contribution >= 4 is 17.9 Å². The summed E-state index contributed by atoms with van der Waals surface area (Å²) in [7, 11) is 0. The molecule has 0 N–H and O–H groups in total. The van der Waals surface area contributed by atoms with Gasteiger partial charge in [-0.25, -0.2) is 0 Å². The van der Waals surface area contributed by atoms with E-state index >= 15 is 0 Å². The molecule has 0 fully saturated rings. The van der Waals surface area contributed by atoms with Crippen molar-refractivity contribution in [3.63, 3.8) is 0 Å². The molecule has 6 heteroatoms. The lowest BCUT2D eigenvalue weighted by molar-refractivity contribution is -0.167. The van der Waals surface area contributed by atoms with Gasteiger partial charge < -0.3 is 14.2 Å². The van der Waals surface area contributed by atoms with Crippen LogP contribution in [0.1, 0.15) is 258 Å². The molecular formula is C56H98O6. The Morgan fingerprint density at radius 2 is 0.645 bits per heavy atom. The van der Waals surface area contributed by atoms with Gasteiger partial charge in [-0.15, -0.1) is 0 Å². The van der Waals surface area contributed by atoms with E-state index in [1.165, 1.54) is 141 Å². The van der Waals surface area contributed by atoms with Crippen LogP contribution >= 0.6 is 0 Å². The summed E-state index contributed by atoms with van der Waals surface area (Å²) >= 11 is 0. The molecule has 6 nitrogen and oxygen atoms in total. The topological polar surface area (TPSA) is 78.9 Å². The Bertz CT molecular complexity index is 1130. The summed E-state index contributed by atoms with van der Waals surface area (Å²) in [6.45, 7) is 6.55. The van der Waals surface area contributed by atoms with Crippen LogP contribution < -0.4 is 0 Å². The van der Waals surface area contributed by atoms with E-state index in [1.54, 1.807) is 0 Å². The Labute approximate surface area is 383 Å². The number of carbonyl (C=O) groups is 3. The third-order valence-electron chi connectivity index (χ3n) is 11.3. The maximum atomic E-state index is 12.8. The molecule has 0 aliphatic carbocycles. The zero-order valence-electron chi connectivity index (χ0n) is 40.9. The summed E-state index contributed by atoms with van der Waals surface area (Å²) in [5.41, 5.74) is 0. The molecule has 62 heavy (non-hydrogen) atoms. The molecule has 0 radical (unpaired) electrons. The third-order valence-corrected chi connectivity index (χ3v) is 11.3. The fraction of sp³-hybridized carbons (Fsp3) is 0.768. The van der Waals surface area contributed by atoms with E-state index in [0.29, 0.717) is 19.3 Å². The fourth-order valence-corrected chi connectivity index (χ4v) is 7.27. The van der Waals surface area contributed by atoms with Gasteiger partial charge in [0.1, 0.15) is 13.2 Å². The summed E-state index contributed by atoms with van der Waals surface area (Å²) in [6, 6.07) is 0. The molecule has 0 saturated carbocycles. The molecule has 0 aliphatic rings. The second-order valence-electron chi connectivity index (χ2n) is 17.5. The van der Waals surface area contributed by atoms with Crippen molar-refractivity contribution in [3.05, 3.63) is 60.8 Å². The Balaban J connectivity index is 4.46. The van der Waals surface area contributed by atoms with Crippen LogP contribution in [0.15, 0.2) is 60.8 Å². The number of hydrogen-bond donors (Lipinski definition) is 0. The second kappa shape index (κ2) is 50.8. The molecule has 0 amide bonds. The molecule has 0 aromatic heterocycles. The van der Waals surface area contributed by atoms with Crippen molar-refractivity contribution in [1.29, 1.82) is 0 Å². The van der Waals surface area contributed by atoms with E-state index in [4.69, 9.17) is 14.2 Å². The highest BCUT2D eigenvalue weighted by atomic mass is 16.6. The average molecular weight is 867 g/mol. The molecule has 0 aliphatic heterocycles. The molecule has 0 saturated heterocycles. The van der Waals surface area contributed by atoms with Crippen LogP contribution in [0.2, 0.25) is 0 Å². The van der Waals surface area contributed by atoms with Crippen LogP contribution in [0.3, 0.4) is 0 Å². The first kappa shape index (κ1) is 59.1. The highest BCUT2D eigenvalue weighted by Gasteiger charge is 2.19. The first-order valence-electron chi connectivity index (χ1n) is 26.3. The minimum absolute atomic E-state index is 0.0929. The van der Waals surface area contributed by atoms with Crippen molar-refractivity contribution in [2.45, 2.75) is 264 Å². The number of rotatable bonds is 47. The molecule has 0 rings (SSSR count). The highest BCUT2D eigenvalue weighted by Crippen LogP contribution is 2.14. The molecule has 0 bridgehead atoms. The van der Waals surface area contributed by atoms with Gasteiger partial charge in [0.25, 0.3) is 0 Å². The lowest BCUT2D eigenvalue weighted by Crippen LogP contribution is -2.30. The Kier molecular flexibility index (Phi) is 48.4. The summed E-state index contributed by atoms with van der Waals surface area (Å²) in [5.74, 6) is -0.955. The maximum absolute atomic E-state index is 12.8. The van der Waals surface area contributed by atoms with Gasteiger partial charge in [-0.3, -0.25) is 14.4 Å². The van der Waals surface area contributed by atoms with Gasteiger partial charge in [-0.05, 0) is 77.0 Å². The average Bonchev–Trinajstić information content (AvgIpc) is 3.27. The van der Waals surface area contributed by atoms with Crippen LogP contribution in [0.25, 0.3) is 0 Å².